The minimum absolute atomic E-state index is 0.00774. The lowest BCUT2D eigenvalue weighted by molar-refractivity contribution is -0.146. The Labute approximate surface area is 373 Å². The number of carbonyl (C=O) groups excluding carboxylic acids is 2. The lowest BCUT2D eigenvalue weighted by Gasteiger charge is -2.55. The Bertz CT molecular complexity index is 2480. The average molecular weight is 871 g/mol. The number of rotatable bonds is 9. The normalized spacial score (nSPS) is 29.1. The minimum Gasteiger partial charge on any atom is -0.507 e. The van der Waals surface area contributed by atoms with Crippen molar-refractivity contribution in [2.75, 3.05) is 0 Å². The molecular weight excluding hydrogens is 809 g/mol. The van der Waals surface area contributed by atoms with E-state index in [9.17, 15) is 40.2 Å². The molecular formula is C52H62N4O8. The molecule has 4 aromatic rings. The number of carbonyl (C=O) groups is 2. The number of hydrogen-bond acceptors (Lipinski definition) is 10. The molecule has 0 spiro atoms. The van der Waals surface area contributed by atoms with Crippen LogP contribution in [0.1, 0.15) is 150 Å². The summed E-state index contributed by atoms with van der Waals surface area (Å²) in [5.41, 5.74) is 6.94. The summed E-state index contributed by atoms with van der Waals surface area (Å²) in [4.78, 5) is 27.7. The summed E-state index contributed by atoms with van der Waals surface area (Å²) >= 11 is 0. The molecule has 0 aromatic heterocycles. The Morgan fingerprint density at radius 1 is 0.531 bits per heavy atom. The molecule has 2 amide bonds. The van der Waals surface area contributed by atoms with E-state index in [-0.39, 0.29) is 79.7 Å². The molecule has 8 fully saturated rings. The van der Waals surface area contributed by atoms with Crippen molar-refractivity contribution in [2.24, 2.45) is 56.5 Å². The van der Waals surface area contributed by atoms with Crippen LogP contribution in [-0.2, 0) is 9.59 Å². The monoisotopic (exact) mass is 870 g/mol. The number of hydrogen-bond donors (Lipinski definition) is 8. The molecule has 338 valence electrons. The van der Waals surface area contributed by atoms with Gasteiger partial charge in [-0.15, -0.1) is 0 Å². The molecule has 0 atom stereocenters. The van der Waals surface area contributed by atoms with E-state index >= 15 is 0 Å². The van der Waals surface area contributed by atoms with Crippen molar-refractivity contribution in [1.29, 1.82) is 0 Å². The van der Waals surface area contributed by atoms with E-state index in [1.807, 2.05) is 27.7 Å². The van der Waals surface area contributed by atoms with Crippen LogP contribution < -0.4 is 10.9 Å². The maximum absolute atomic E-state index is 13.9. The zero-order valence-electron chi connectivity index (χ0n) is 37.8. The molecule has 8 saturated carbocycles. The predicted molar refractivity (Wildman–Crippen MR) is 247 cm³/mol. The smallest absolute Gasteiger partial charge is 0.246 e. The quantitative estimate of drug-likeness (QED) is 0.0461. The van der Waals surface area contributed by atoms with Gasteiger partial charge in [-0.25, -0.2) is 10.9 Å². The SMILES string of the molecule is Cc1cc2c(C(C)C)c(O)c(O)c(/C=N/NC(=O)C34CC5CC(CC(C5)C3)C4)c2c(O)c1-c1c(C)cc2c(C(C)C)c(O)c(O)c(/C=N/NC(=O)C34CC5CC(CC(C5)C3)C4)c2c1O. The van der Waals surface area contributed by atoms with Gasteiger partial charge in [0.05, 0.1) is 34.4 Å². The Morgan fingerprint density at radius 2 is 0.828 bits per heavy atom. The van der Waals surface area contributed by atoms with Gasteiger partial charge in [0.1, 0.15) is 11.5 Å². The van der Waals surface area contributed by atoms with Crippen LogP contribution in [0.2, 0.25) is 0 Å². The molecule has 0 radical (unpaired) electrons. The first-order valence-electron chi connectivity index (χ1n) is 23.6. The first kappa shape index (κ1) is 42.4. The summed E-state index contributed by atoms with van der Waals surface area (Å²) < 4.78 is 0. The molecule has 12 heteroatoms. The maximum Gasteiger partial charge on any atom is 0.246 e. The molecule has 12 rings (SSSR count). The van der Waals surface area contributed by atoms with Crippen molar-refractivity contribution in [1.82, 2.24) is 10.9 Å². The molecule has 0 aliphatic heterocycles. The highest BCUT2D eigenvalue weighted by Gasteiger charge is 2.56. The van der Waals surface area contributed by atoms with E-state index in [2.05, 4.69) is 21.1 Å². The number of phenolic OH excluding ortho intramolecular Hbond substituents is 6. The lowest BCUT2D eigenvalue weighted by atomic mass is 9.49. The molecule has 4 aromatic carbocycles. The van der Waals surface area contributed by atoms with Gasteiger partial charge in [-0.3, -0.25) is 9.59 Å². The molecule has 8 aliphatic rings. The van der Waals surface area contributed by atoms with Gasteiger partial charge in [0.25, 0.3) is 0 Å². The van der Waals surface area contributed by atoms with Crippen LogP contribution in [0, 0.1) is 60.2 Å². The molecule has 8 N–H and O–H groups in total. The van der Waals surface area contributed by atoms with Crippen LogP contribution in [0.15, 0.2) is 22.3 Å². The van der Waals surface area contributed by atoms with Crippen molar-refractivity contribution in [3.63, 3.8) is 0 Å². The maximum atomic E-state index is 13.9. The van der Waals surface area contributed by atoms with E-state index in [1.165, 1.54) is 51.0 Å². The van der Waals surface area contributed by atoms with E-state index < -0.39 is 22.3 Å². The van der Waals surface area contributed by atoms with Gasteiger partial charge in [0, 0.05) is 33.0 Å². The largest absolute Gasteiger partial charge is 0.507 e. The minimum atomic E-state index is -0.510. The fraction of sp³-hybridized carbons (Fsp3) is 0.538. The van der Waals surface area contributed by atoms with Gasteiger partial charge in [-0.05, 0) is 160 Å². The zero-order chi connectivity index (χ0) is 45.3. The summed E-state index contributed by atoms with van der Waals surface area (Å²) in [7, 11) is 0. The average Bonchev–Trinajstić information content (AvgIpc) is 3.20. The molecule has 0 heterocycles. The number of aromatic hydroxyl groups is 6. The standard InChI is InChI=1S/C52H62N4O8/c1-23(2)37-33-7-25(5)39(45(59)41(33)35(43(57)47(37)61)21-53-55-49(63)51-15-27-9-28(16-51)11-29(10-27)17-51)40-26(6)8-34-38(24(3)4)48(62)44(58)36(42(34)46(40)60)22-54-56-50(64)52-18-30-12-31(19-52)14-32(13-30)20-52/h7-8,21-24,27-32,57-62H,9-20H2,1-6H3,(H,55,63)(H,56,64)/b53-21+,54-22+. The number of amides is 2. The number of fused-ring (bicyclic) bond motifs is 2. The second-order valence-electron chi connectivity index (χ2n) is 21.8. The third-order valence-electron chi connectivity index (χ3n) is 16.7. The van der Waals surface area contributed by atoms with E-state index in [0.29, 0.717) is 68.5 Å². The van der Waals surface area contributed by atoms with Gasteiger partial charge in [0.15, 0.2) is 23.0 Å². The van der Waals surface area contributed by atoms with Crippen molar-refractivity contribution in [3.05, 3.63) is 45.5 Å². The molecule has 8 bridgehead atoms. The highest BCUT2D eigenvalue weighted by molar-refractivity contribution is 6.15. The van der Waals surface area contributed by atoms with Crippen LogP contribution in [0.5, 0.6) is 34.5 Å². The first-order chi connectivity index (χ1) is 30.4. The van der Waals surface area contributed by atoms with Gasteiger partial charge in [0.2, 0.25) is 11.8 Å². The number of aryl methyl sites for hydroxylation is 2. The summed E-state index contributed by atoms with van der Waals surface area (Å²) in [5, 5.41) is 81.4. The van der Waals surface area contributed by atoms with Gasteiger partial charge in [-0.2, -0.15) is 10.2 Å². The topological polar surface area (TPSA) is 204 Å². The van der Waals surface area contributed by atoms with E-state index in [1.54, 1.807) is 26.0 Å². The molecule has 0 unspecified atom stereocenters. The van der Waals surface area contributed by atoms with Crippen LogP contribution >= 0.6 is 0 Å². The molecule has 0 saturated heterocycles. The highest BCUT2D eigenvalue weighted by atomic mass is 16.3. The number of nitrogens with one attached hydrogen (secondary N) is 2. The number of nitrogens with zero attached hydrogens (tertiary/aromatic N) is 2. The summed E-state index contributed by atoms with van der Waals surface area (Å²) in [5.74, 6) is 0.105. The van der Waals surface area contributed by atoms with Gasteiger partial charge < -0.3 is 30.6 Å². The van der Waals surface area contributed by atoms with Crippen LogP contribution in [0.4, 0.5) is 0 Å². The number of hydrazone groups is 2. The van der Waals surface area contributed by atoms with Crippen LogP contribution in [-0.4, -0.2) is 54.9 Å². The van der Waals surface area contributed by atoms with E-state index in [4.69, 9.17) is 0 Å². The predicted octanol–water partition coefficient (Wildman–Crippen LogP) is 10.1. The summed E-state index contributed by atoms with van der Waals surface area (Å²) in [6.07, 6.45) is 14.7. The summed E-state index contributed by atoms with van der Waals surface area (Å²) in [6, 6.07) is 3.59. The van der Waals surface area contributed by atoms with E-state index in [0.717, 1.165) is 38.5 Å². The van der Waals surface area contributed by atoms with Gasteiger partial charge >= 0.3 is 0 Å². The fourth-order valence-corrected chi connectivity index (χ4v) is 14.9. The third-order valence-corrected chi connectivity index (χ3v) is 16.7. The Balaban J connectivity index is 1.09. The molecule has 12 nitrogen and oxygen atoms in total. The van der Waals surface area contributed by atoms with Crippen LogP contribution in [0.3, 0.4) is 0 Å². The second kappa shape index (κ2) is 15.0. The van der Waals surface area contributed by atoms with Crippen LogP contribution in [0.25, 0.3) is 32.7 Å². The highest BCUT2D eigenvalue weighted by Crippen LogP contribution is 2.62. The third kappa shape index (κ3) is 6.43. The Hall–Kier alpha value is -5.52. The van der Waals surface area contributed by atoms with Gasteiger partial charge in [-0.1, -0.05) is 39.8 Å². The first-order valence-corrected chi connectivity index (χ1v) is 23.6. The number of phenols is 6. The van der Waals surface area contributed by atoms with Crippen molar-refractivity contribution >= 4 is 45.8 Å². The second-order valence-corrected chi connectivity index (χ2v) is 21.8. The molecule has 64 heavy (non-hydrogen) atoms. The molecule has 8 aliphatic carbocycles. The fourth-order valence-electron chi connectivity index (χ4n) is 14.9. The van der Waals surface area contributed by atoms with Crippen molar-refractivity contribution < 1.29 is 40.2 Å². The Morgan fingerprint density at radius 3 is 1.11 bits per heavy atom. The zero-order valence-corrected chi connectivity index (χ0v) is 37.8. The van der Waals surface area contributed by atoms with Crippen molar-refractivity contribution in [2.45, 2.75) is 130 Å². The summed E-state index contributed by atoms with van der Waals surface area (Å²) in [6.45, 7) is 11.0. The Kier molecular flexibility index (Phi) is 9.96. The van der Waals surface area contributed by atoms with Crippen molar-refractivity contribution in [3.8, 4) is 45.6 Å². The number of benzene rings is 4. The lowest BCUT2D eigenvalue weighted by Crippen LogP contribution is -2.52.